The second kappa shape index (κ2) is 9.84. The lowest BCUT2D eigenvalue weighted by molar-refractivity contribution is -0.145. The molecule has 0 saturated carbocycles. The van der Waals surface area contributed by atoms with Gasteiger partial charge in [0.1, 0.15) is 23.4 Å². The highest BCUT2D eigenvalue weighted by Gasteiger charge is 2.30. The fourth-order valence-corrected chi connectivity index (χ4v) is 3.84. The summed E-state index contributed by atoms with van der Waals surface area (Å²) in [7, 11) is 3.07. The van der Waals surface area contributed by atoms with E-state index in [-0.39, 0.29) is 5.82 Å². The van der Waals surface area contributed by atoms with Crippen molar-refractivity contribution in [2.75, 3.05) is 14.2 Å². The maximum atomic E-state index is 13.3. The maximum Gasteiger partial charge on any atom is 0.311 e. The second-order valence-corrected chi connectivity index (χ2v) is 8.09. The summed E-state index contributed by atoms with van der Waals surface area (Å²) in [5.74, 6) is -1.01. The molecule has 0 saturated heterocycles. The summed E-state index contributed by atoms with van der Waals surface area (Å²) in [6, 6.07) is 18.3. The fourth-order valence-electron chi connectivity index (χ4n) is 3.84. The summed E-state index contributed by atoms with van der Waals surface area (Å²) < 4.78 is 26.7. The van der Waals surface area contributed by atoms with E-state index < -0.39 is 24.0 Å². The van der Waals surface area contributed by atoms with E-state index in [1.165, 1.54) is 24.1 Å². The molecule has 0 aliphatic heterocycles. The van der Waals surface area contributed by atoms with E-state index in [0.717, 1.165) is 22.2 Å². The predicted molar refractivity (Wildman–Crippen MR) is 129 cm³/mol. The van der Waals surface area contributed by atoms with Crippen LogP contribution in [0.5, 0.6) is 11.5 Å². The molecule has 0 spiro atoms. The molecule has 1 aromatic heterocycles. The minimum absolute atomic E-state index is 0.321. The summed E-state index contributed by atoms with van der Waals surface area (Å²) in [6.07, 6.45) is 1.06. The molecule has 3 aromatic carbocycles. The van der Waals surface area contributed by atoms with Crippen LogP contribution >= 0.6 is 0 Å². The van der Waals surface area contributed by atoms with Gasteiger partial charge < -0.3 is 20.1 Å². The van der Waals surface area contributed by atoms with Crippen LogP contribution in [-0.4, -0.2) is 46.7 Å². The number of nitrogens with two attached hydrogens (primary N) is 1. The molecule has 1 heterocycles. The minimum Gasteiger partial charge on any atom is -0.497 e. The first-order valence-corrected chi connectivity index (χ1v) is 10.9. The number of hydrogen-bond donors (Lipinski definition) is 1. The number of carbonyl (C=O) groups is 2. The zero-order chi connectivity index (χ0) is 25.1. The van der Waals surface area contributed by atoms with Crippen molar-refractivity contribution in [1.29, 1.82) is 0 Å². The van der Waals surface area contributed by atoms with Gasteiger partial charge in [-0.05, 0) is 67.1 Å². The average molecular weight is 477 g/mol. The number of aromatic nitrogens is 2. The Bertz CT molecular complexity index is 1370. The lowest BCUT2D eigenvalue weighted by Gasteiger charge is -2.32. The van der Waals surface area contributed by atoms with E-state index >= 15 is 0 Å². The first-order valence-electron chi connectivity index (χ1n) is 10.9. The number of ether oxygens (including phenoxy) is 2. The summed E-state index contributed by atoms with van der Waals surface area (Å²) >= 11 is 0. The first-order chi connectivity index (χ1) is 16.8. The monoisotopic (exact) mass is 476 g/mol. The van der Waals surface area contributed by atoms with Gasteiger partial charge >= 0.3 is 11.8 Å². The summed E-state index contributed by atoms with van der Waals surface area (Å²) in [5.41, 5.74) is 7.51. The van der Waals surface area contributed by atoms with Crippen LogP contribution in [-0.2, 0) is 9.59 Å². The summed E-state index contributed by atoms with van der Waals surface area (Å²) in [6.45, 7) is 1.77. The number of primary amides is 1. The number of fused-ring (bicyclic) bond motifs is 1. The van der Waals surface area contributed by atoms with Crippen molar-refractivity contribution >= 4 is 22.7 Å². The van der Waals surface area contributed by atoms with Gasteiger partial charge in [-0.2, -0.15) is 5.10 Å². The Morgan fingerprint density at radius 3 is 2.49 bits per heavy atom. The normalized spacial score (nSPS) is 12.7. The van der Waals surface area contributed by atoms with Crippen molar-refractivity contribution in [2.45, 2.75) is 19.1 Å². The number of methoxy groups -OCH3 is 1. The Kier molecular flexibility index (Phi) is 6.68. The molecule has 4 rings (SSSR count). The van der Waals surface area contributed by atoms with Gasteiger partial charge in [0.15, 0.2) is 0 Å². The number of benzene rings is 3. The molecule has 0 bridgehead atoms. The first kappa shape index (κ1) is 23.7. The van der Waals surface area contributed by atoms with Crippen molar-refractivity contribution in [1.82, 2.24) is 14.7 Å². The molecule has 35 heavy (non-hydrogen) atoms. The van der Waals surface area contributed by atoms with Gasteiger partial charge in [0, 0.05) is 12.4 Å². The van der Waals surface area contributed by atoms with Crippen LogP contribution in [0.2, 0.25) is 0 Å². The number of carbonyl (C=O) groups excluding carboxylic acids is 2. The Balaban J connectivity index is 1.69. The fraction of sp³-hybridized carbons (Fsp3) is 0.192. The van der Waals surface area contributed by atoms with Gasteiger partial charge in [-0.25, -0.2) is 9.07 Å². The largest absolute Gasteiger partial charge is 0.497 e. The van der Waals surface area contributed by atoms with Crippen LogP contribution in [0.25, 0.3) is 16.6 Å². The number of likely N-dealkylation sites (N-methyl/N-ethyl adjacent to an activating group) is 1. The Morgan fingerprint density at radius 1 is 1.06 bits per heavy atom. The second-order valence-electron chi connectivity index (χ2n) is 8.09. The third-order valence-corrected chi connectivity index (χ3v) is 5.88. The summed E-state index contributed by atoms with van der Waals surface area (Å²) in [4.78, 5) is 25.0. The van der Waals surface area contributed by atoms with Gasteiger partial charge in [0.25, 0.3) is 0 Å². The predicted octanol–water partition coefficient (Wildman–Crippen LogP) is 3.63. The molecular formula is C26H25FN4O4. The topological polar surface area (TPSA) is 99.7 Å². The van der Waals surface area contributed by atoms with Crippen LogP contribution in [0, 0.1) is 5.82 Å². The SMILES string of the molecule is COc1cccc([C@@H](Oc2ccc3c(cnn3-c3ccc(F)cc3)c2)[C@H](C)N(C)C(=O)C(N)=O)c1. The molecule has 8 nitrogen and oxygen atoms in total. The van der Waals surface area contributed by atoms with Crippen molar-refractivity contribution in [3.63, 3.8) is 0 Å². The third-order valence-electron chi connectivity index (χ3n) is 5.88. The molecular weight excluding hydrogens is 451 g/mol. The number of amides is 2. The quantitative estimate of drug-likeness (QED) is 0.411. The van der Waals surface area contributed by atoms with Crippen LogP contribution in [0.15, 0.2) is 72.9 Å². The molecule has 9 heteroatoms. The number of nitrogens with zero attached hydrogens (tertiary/aromatic N) is 3. The lowest BCUT2D eigenvalue weighted by Crippen LogP contribution is -2.46. The molecule has 0 aliphatic rings. The third kappa shape index (κ3) is 4.93. The Labute approximate surface area is 201 Å². The van der Waals surface area contributed by atoms with E-state index in [4.69, 9.17) is 15.2 Å². The average Bonchev–Trinajstić information content (AvgIpc) is 3.29. The molecule has 2 atom stereocenters. The lowest BCUT2D eigenvalue weighted by atomic mass is 10.0. The standard InChI is InChI=1S/C26H25FN4O4/c1-16(30(2)26(33)25(28)32)24(17-5-4-6-21(13-17)34-3)35-22-11-12-23-18(14-22)15-29-31(23)20-9-7-19(27)8-10-20/h4-16,24H,1-3H3,(H2,28,32)/t16-,24-/m0/s1. The van der Waals surface area contributed by atoms with E-state index in [1.807, 2.05) is 30.3 Å². The highest BCUT2D eigenvalue weighted by atomic mass is 19.1. The highest BCUT2D eigenvalue weighted by molar-refractivity contribution is 6.34. The molecule has 2 N–H and O–H groups in total. The van der Waals surface area contributed by atoms with E-state index in [0.29, 0.717) is 11.5 Å². The van der Waals surface area contributed by atoms with E-state index in [2.05, 4.69) is 5.10 Å². The van der Waals surface area contributed by atoms with Crippen LogP contribution in [0.3, 0.4) is 0 Å². The molecule has 180 valence electrons. The van der Waals surface area contributed by atoms with Crippen molar-refractivity contribution in [2.24, 2.45) is 5.73 Å². The van der Waals surface area contributed by atoms with Crippen LogP contribution < -0.4 is 15.2 Å². The molecule has 2 amide bonds. The van der Waals surface area contributed by atoms with Crippen LogP contribution in [0.1, 0.15) is 18.6 Å². The van der Waals surface area contributed by atoms with Gasteiger partial charge in [0.05, 0.1) is 30.6 Å². The Hall–Kier alpha value is -4.40. The number of halogens is 1. The van der Waals surface area contributed by atoms with Crippen molar-refractivity contribution in [3.05, 3.63) is 84.3 Å². The van der Waals surface area contributed by atoms with Crippen molar-refractivity contribution in [3.8, 4) is 17.2 Å². The number of rotatable bonds is 7. The minimum atomic E-state index is -1.04. The molecule has 0 aliphatic carbocycles. The smallest absolute Gasteiger partial charge is 0.311 e. The molecule has 0 unspecified atom stereocenters. The van der Waals surface area contributed by atoms with Gasteiger partial charge in [-0.1, -0.05) is 12.1 Å². The van der Waals surface area contributed by atoms with Gasteiger partial charge in [0.2, 0.25) is 0 Å². The number of hydrogen-bond acceptors (Lipinski definition) is 5. The van der Waals surface area contributed by atoms with Crippen LogP contribution in [0.4, 0.5) is 4.39 Å². The van der Waals surface area contributed by atoms with Gasteiger partial charge in [-0.3, -0.25) is 9.59 Å². The zero-order valence-corrected chi connectivity index (χ0v) is 19.5. The maximum absolute atomic E-state index is 13.3. The Morgan fingerprint density at radius 2 is 1.80 bits per heavy atom. The van der Waals surface area contributed by atoms with E-state index in [1.54, 1.807) is 49.2 Å². The zero-order valence-electron chi connectivity index (χ0n) is 19.5. The molecule has 0 radical (unpaired) electrons. The van der Waals surface area contributed by atoms with Crippen molar-refractivity contribution < 1.29 is 23.5 Å². The molecule has 0 fully saturated rings. The van der Waals surface area contributed by atoms with E-state index in [9.17, 15) is 14.0 Å². The van der Waals surface area contributed by atoms with Gasteiger partial charge in [-0.15, -0.1) is 0 Å². The summed E-state index contributed by atoms with van der Waals surface area (Å²) in [5, 5.41) is 5.23. The molecule has 4 aromatic rings. The highest BCUT2D eigenvalue weighted by Crippen LogP contribution is 2.31.